The number of carbonyl (C=O) groups excluding carboxylic acids is 2. The van der Waals surface area contributed by atoms with E-state index in [1.165, 1.54) is 24.5 Å². The van der Waals surface area contributed by atoms with Gasteiger partial charge in [-0.15, -0.1) is 0 Å². The number of anilines is 1. The molecule has 1 N–H and O–H groups in total. The molecule has 0 aliphatic carbocycles. The van der Waals surface area contributed by atoms with Gasteiger partial charge >= 0.3 is 12.6 Å². The third-order valence-corrected chi connectivity index (χ3v) is 4.06. The molecule has 8 nitrogen and oxygen atoms in total. The second kappa shape index (κ2) is 9.79. The Kier molecular flexibility index (Phi) is 6.91. The Balaban J connectivity index is 1.49. The highest BCUT2D eigenvalue weighted by Crippen LogP contribution is 2.28. The number of hydrogen-bond acceptors (Lipinski definition) is 6. The van der Waals surface area contributed by atoms with Gasteiger partial charge in [-0.05, 0) is 35.9 Å². The lowest BCUT2D eigenvalue weighted by molar-refractivity contribution is -0.119. The highest BCUT2D eigenvalue weighted by Gasteiger charge is 2.13. The number of amides is 1. The van der Waals surface area contributed by atoms with Crippen LogP contribution in [0.15, 0.2) is 55.1 Å². The summed E-state index contributed by atoms with van der Waals surface area (Å²) in [7, 11) is 0. The van der Waals surface area contributed by atoms with Crippen molar-refractivity contribution in [3.63, 3.8) is 0 Å². The molecule has 0 saturated heterocycles. The molecule has 0 aliphatic heterocycles. The average Bonchev–Trinajstić information content (AvgIpc) is 3.21. The number of aromatic nitrogens is 3. The van der Waals surface area contributed by atoms with Gasteiger partial charge in [0.1, 0.15) is 18.4 Å². The van der Waals surface area contributed by atoms with Gasteiger partial charge in [0.2, 0.25) is 0 Å². The molecule has 2 aromatic carbocycles. The fraction of sp³-hybridized carbons (Fsp3) is 0.158. The summed E-state index contributed by atoms with van der Waals surface area (Å²) >= 11 is 5.82. The first kappa shape index (κ1) is 21.2. The van der Waals surface area contributed by atoms with Crippen molar-refractivity contribution < 1.29 is 27.8 Å². The maximum Gasteiger partial charge on any atom is 0.387 e. The third kappa shape index (κ3) is 5.98. The monoisotopic (exact) mass is 436 g/mol. The number of esters is 1. The molecule has 0 saturated carbocycles. The van der Waals surface area contributed by atoms with E-state index in [9.17, 15) is 18.4 Å². The zero-order chi connectivity index (χ0) is 21.5. The summed E-state index contributed by atoms with van der Waals surface area (Å²) in [5, 5.41) is 6.34. The Morgan fingerprint density at radius 1 is 1.17 bits per heavy atom. The topological polar surface area (TPSA) is 95.3 Å². The molecule has 0 bridgehead atoms. The van der Waals surface area contributed by atoms with Crippen LogP contribution in [-0.4, -0.2) is 39.9 Å². The van der Waals surface area contributed by atoms with Crippen molar-refractivity contribution in [3.8, 4) is 5.75 Å². The Bertz CT molecular complexity index is 1010. The van der Waals surface area contributed by atoms with Gasteiger partial charge in [-0.2, -0.15) is 13.9 Å². The lowest BCUT2D eigenvalue weighted by Crippen LogP contribution is -2.21. The molecule has 1 aromatic heterocycles. The summed E-state index contributed by atoms with van der Waals surface area (Å²) in [4.78, 5) is 27.9. The Hall–Kier alpha value is -3.53. The van der Waals surface area contributed by atoms with Crippen LogP contribution in [0, 0.1) is 0 Å². The molecule has 0 aliphatic rings. The molecule has 11 heteroatoms. The summed E-state index contributed by atoms with van der Waals surface area (Å²) < 4.78 is 35.3. The fourth-order valence-corrected chi connectivity index (χ4v) is 2.65. The second-order valence-electron chi connectivity index (χ2n) is 5.94. The van der Waals surface area contributed by atoms with Crippen molar-refractivity contribution in [3.05, 3.63) is 71.3 Å². The summed E-state index contributed by atoms with van der Waals surface area (Å²) in [6, 6.07) is 10.4. The van der Waals surface area contributed by atoms with Gasteiger partial charge in [-0.3, -0.25) is 4.79 Å². The minimum Gasteiger partial charge on any atom is -0.452 e. The number of hydrogen-bond donors (Lipinski definition) is 1. The van der Waals surface area contributed by atoms with Crippen molar-refractivity contribution in [2.24, 2.45) is 0 Å². The van der Waals surface area contributed by atoms with Gasteiger partial charge in [0.05, 0.1) is 17.1 Å². The number of benzene rings is 2. The predicted molar refractivity (Wildman–Crippen MR) is 103 cm³/mol. The normalized spacial score (nSPS) is 10.7. The highest BCUT2D eigenvalue weighted by molar-refractivity contribution is 6.32. The molecular formula is C19H15ClF2N4O4. The number of carbonyl (C=O) groups is 2. The number of nitrogens with one attached hydrogen (secondary N) is 1. The minimum absolute atomic E-state index is 0.101. The minimum atomic E-state index is -3.01. The zero-order valence-corrected chi connectivity index (χ0v) is 16.1. The van der Waals surface area contributed by atoms with E-state index in [2.05, 4.69) is 20.1 Å². The van der Waals surface area contributed by atoms with Gasteiger partial charge < -0.3 is 14.8 Å². The summed E-state index contributed by atoms with van der Waals surface area (Å²) in [5.41, 5.74) is 1.42. The molecule has 1 heterocycles. The number of nitrogens with zero attached hydrogens (tertiary/aromatic N) is 3. The van der Waals surface area contributed by atoms with E-state index < -0.39 is 25.1 Å². The zero-order valence-electron chi connectivity index (χ0n) is 15.3. The Morgan fingerprint density at radius 3 is 2.57 bits per heavy atom. The van der Waals surface area contributed by atoms with Crippen molar-refractivity contribution in [1.82, 2.24) is 14.8 Å². The van der Waals surface area contributed by atoms with Gasteiger partial charge in [-0.1, -0.05) is 23.7 Å². The van der Waals surface area contributed by atoms with Gasteiger partial charge in [0.25, 0.3) is 5.91 Å². The standard InChI is InChI=1S/C19H15ClF2N4O4/c20-15-7-14(5-6-16(15)30-19(21)22)25-17(27)9-29-18(28)13-3-1-12(2-4-13)8-26-11-23-10-24-26/h1-7,10-11,19H,8-9H2,(H,25,27). The van der Waals surface area contributed by atoms with E-state index in [1.807, 2.05) is 0 Å². The molecule has 3 rings (SSSR count). The van der Waals surface area contributed by atoms with E-state index in [0.29, 0.717) is 6.54 Å². The molecule has 3 aromatic rings. The predicted octanol–water partition coefficient (Wildman–Crippen LogP) is 3.38. The first-order valence-corrected chi connectivity index (χ1v) is 8.91. The number of ether oxygens (including phenoxy) is 2. The molecular weight excluding hydrogens is 422 g/mol. The molecule has 0 fully saturated rings. The van der Waals surface area contributed by atoms with Crippen LogP contribution < -0.4 is 10.1 Å². The van der Waals surface area contributed by atoms with Crippen molar-refractivity contribution in [1.29, 1.82) is 0 Å². The third-order valence-electron chi connectivity index (χ3n) is 3.77. The van der Waals surface area contributed by atoms with Crippen LogP contribution in [0.1, 0.15) is 15.9 Å². The quantitative estimate of drug-likeness (QED) is 0.544. The smallest absolute Gasteiger partial charge is 0.387 e. The maximum atomic E-state index is 12.2. The first-order chi connectivity index (χ1) is 14.4. The average molecular weight is 437 g/mol. The molecule has 0 radical (unpaired) electrons. The van der Waals surface area contributed by atoms with Crippen LogP contribution >= 0.6 is 11.6 Å². The van der Waals surface area contributed by atoms with E-state index in [1.54, 1.807) is 35.3 Å². The molecule has 0 unspecified atom stereocenters. The van der Waals surface area contributed by atoms with Crippen LogP contribution in [0.3, 0.4) is 0 Å². The Morgan fingerprint density at radius 2 is 1.93 bits per heavy atom. The highest BCUT2D eigenvalue weighted by atomic mass is 35.5. The number of rotatable bonds is 8. The molecule has 0 atom stereocenters. The van der Waals surface area contributed by atoms with Crippen LogP contribution in [0.4, 0.5) is 14.5 Å². The van der Waals surface area contributed by atoms with Gasteiger partial charge in [0, 0.05) is 5.69 Å². The molecule has 30 heavy (non-hydrogen) atoms. The van der Waals surface area contributed by atoms with Crippen molar-refractivity contribution in [2.75, 3.05) is 11.9 Å². The number of halogens is 3. The van der Waals surface area contributed by atoms with Crippen molar-refractivity contribution in [2.45, 2.75) is 13.2 Å². The lowest BCUT2D eigenvalue weighted by Gasteiger charge is -2.10. The summed E-state index contributed by atoms with van der Waals surface area (Å²) in [5.74, 6) is -1.51. The fourth-order valence-electron chi connectivity index (χ4n) is 2.43. The van der Waals surface area contributed by atoms with E-state index in [0.717, 1.165) is 5.56 Å². The van der Waals surface area contributed by atoms with E-state index >= 15 is 0 Å². The largest absolute Gasteiger partial charge is 0.452 e. The number of alkyl halides is 2. The van der Waals surface area contributed by atoms with Gasteiger partial charge in [0.15, 0.2) is 6.61 Å². The van der Waals surface area contributed by atoms with Crippen LogP contribution in [0.25, 0.3) is 0 Å². The summed E-state index contributed by atoms with van der Waals surface area (Å²) in [6.45, 7) is -3.05. The first-order valence-electron chi connectivity index (χ1n) is 8.53. The second-order valence-corrected chi connectivity index (χ2v) is 6.35. The molecule has 0 spiro atoms. The lowest BCUT2D eigenvalue weighted by atomic mass is 10.1. The summed E-state index contributed by atoms with van der Waals surface area (Å²) in [6.07, 6.45) is 3.00. The Labute approximate surface area is 174 Å². The molecule has 156 valence electrons. The van der Waals surface area contributed by atoms with Crippen LogP contribution in [-0.2, 0) is 16.1 Å². The van der Waals surface area contributed by atoms with E-state index in [4.69, 9.17) is 16.3 Å². The van der Waals surface area contributed by atoms with Gasteiger partial charge in [-0.25, -0.2) is 14.5 Å². The van der Waals surface area contributed by atoms with Crippen LogP contribution in [0.5, 0.6) is 5.75 Å². The SMILES string of the molecule is O=C(COC(=O)c1ccc(Cn2cncn2)cc1)Nc1ccc(OC(F)F)c(Cl)c1. The molecule has 1 amide bonds. The van der Waals surface area contributed by atoms with Crippen LogP contribution in [0.2, 0.25) is 5.02 Å². The maximum absolute atomic E-state index is 12.2. The van der Waals surface area contributed by atoms with Crippen molar-refractivity contribution >= 4 is 29.2 Å². The van der Waals surface area contributed by atoms with E-state index in [-0.39, 0.29) is 22.0 Å².